The zero-order valence-electron chi connectivity index (χ0n) is 17.5. The molecule has 0 N–H and O–H groups in total. The number of fused-ring (bicyclic) bond motifs is 1. The lowest BCUT2D eigenvalue weighted by Crippen LogP contribution is -2.36. The van der Waals surface area contributed by atoms with E-state index in [1.54, 1.807) is 29.3 Å². The minimum atomic E-state index is -0.301. The summed E-state index contributed by atoms with van der Waals surface area (Å²) in [7, 11) is 0. The van der Waals surface area contributed by atoms with E-state index in [9.17, 15) is 9.59 Å². The van der Waals surface area contributed by atoms with Crippen molar-refractivity contribution in [1.82, 2.24) is 14.3 Å². The number of thioether (sulfide) groups is 1. The molecule has 0 bridgehead atoms. The van der Waals surface area contributed by atoms with Crippen LogP contribution in [0.3, 0.4) is 0 Å². The number of carbonyl (C=O) groups excluding carboxylic acids is 1. The lowest BCUT2D eigenvalue weighted by atomic mass is 10.2. The van der Waals surface area contributed by atoms with E-state index >= 15 is 0 Å². The average molecular weight is 464 g/mol. The maximum Gasteiger partial charge on any atom is 0.269 e. The van der Waals surface area contributed by atoms with Crippen molar-refractivity contribution >= 4 is 45.9 Å². The van der Waals surface area contributed by atoms with Crippen LogP contribution in [-0.4, -0.2) is 30.6 Å². The van der Waals surface area contributed by atoms with Crippen molar-refractivity contribution in [1.29, 1.82) is 0 Å². The van der Waals surface area contributed by atoms with E-state index in [2.05, 4.69) is 4.98 Å². The minimum Gasteiger partial charge on any atom is -0.438 e. The maximum atomic E-state index is 13.4. The fourth-order valence-corrected chi connectivity index (χ4v) is 5.53. The van der Waals surface area contributed by atoms with Gasteiger partial charge >= 0.3 is 0 Å². The molecular weight excluding hydrogens is 442 g/mol. The van der Waals surface area contributed by atoms with Gasteiger partial charge in [-0.05, 0) is 49.6 Å². The van der Waals surface area contributed by atoms with Crippen molar-refractivity contribution in [2.24, 2.45) is 0 Å². The quantitative estimate of drug-likeness (QED) is 0.403. The van der Waals surface area contributed by atoms with Crippen LogP contribution in [0.4, 0.5) is 0 Å². The third-order valence-corrected chi connectivity index (χ3v) is 7.15. The van der Waals surface area contributed by atoms with Crippen LogP contribution in [0.15, 0.2) is 58.4 Å². The van der Waals surface area contributed by atoms with Crippen molar-refractivity contribution in [3.8, 4) is 11.6 Å². The van der Waals surface area contributed by atoms with E-state index in [0.717, 1.165) is 31.2 Å². The molecule has 1 aromatic carbocycles. The molecule has 0 unspecified atom stereocenters. The minimum absolute atomic E-state index is 0.145. The molecule has 3 aromatic rings. The molecular formula is C24H21N3O3S2. The second kappa shape index (κ2) is 8.52. The van der Waals surface area contributed by atoms with Crippen molar-refractivity contribution in [3.63, 3.8) is 0 Å². The van der Waals surface area contributed by atoms with E-state index in [4.69, 9.17) is 17.0 Å². The van der Waals surface area contributed by atoms with Gasteiger partial charge in [-0.2, -0.15) is 4.98 Å². The number of hydrogen-bond donors (Lipinski definition) is 0. The summed E-state index contributed by atoms with van der Waals surface area (Å²) < 4.78 is 8.09. The molecule has 0 radical (unpaired) electrons. The zero-order valence-corrected chi connectivity index (χ0v) is 19.1. The predicted molar refractivity (Wildman–Crippen MR) is 130 cm³/mol. The molecule has 2 aromatic heterocycles. The van der Waals surface area contributed by atoms with Crippen molar-refractivity contribution in [3.05, 3.63) is 75.0 Å². The topological polar surface area (TPSA) is 63.9 Å². The molecule has 1 aliphatic carbocycles. The number of amides is 1. The van der Waals surface area contributed by atoms with Gasteiger partial charge in [0.05, 0.1) is 4.91 Å². The highest BCUT2D eigenvalue weighted by molar-refractivity contribution is 8.26. The first kappa shape index (κ1) is 20.9. The molecule has 2 aliphatic rings. The van der Waals surface area contributed by atoms with Gasteiger partial charge in [0.25, 0.3) is 11.5 Å². The molecule has 6 nitrogen and oxygen atoms in total. The monoisotopic (exact) mass is 463 g/mol. The average Bonchev–Trinajstić information content (AvgIpc) is 3.40. The third-order valence-electron chi connectivity index (χ3n) is 5.82. The fraction of sp³-hybridized carbons (Fsp3) is 0.250. The first-order valence-electron chi connectivity index (χ1n) is 10.5. The molecule has 1 saturated heterocycles. The molecule has 8 heteroatoms. The largest absolute Gasteiger partial charge is 0.438 e. The van der Waals surface area contributed by atoms with Crippen molar-refractivity contribution in [2.75, 3.05) is 0 Å². The van der Waals surface area contributed by atoms with Crippen molar-refractivity contribution < 1.29 is 9.53 Å². The number of pyridine rings is 1. The van der Waals surface area contributed by atoms with Crippen molar-refractivity contribution in [2.45, 2.75) is 38.6 Å². The van der Waals surface area contributed by atoms with Crippen LogP contribution >= 0.6 is 24.0 Å². The lowest BCUT2D eigenvalue weighted by Gasteiger charge is -2.21. The summed E-state index contributed by atoms with van der Waals surface area (Å²) in [5.41, 5.74) is 1.31. The molecule has 2 fully saturated rings. The number of hydrogen-bond acceptors (Lipinski definition) is 6. The Morgan fingerprint density at radius 2 is 1.88 bits per heavy atom. The van der Waals surface area contributed by atoms with Gasteiger partial charge in [0.15, 0.2) is 0 Å². The van der Waals surface area contributed by atoms with Crippen LogP contribution < -0.4 is 10.3 Å². The Morgan fingerprint density at radius 3 is 2.66 bits per heavy atom. The summed E-state index contributed by atoms with van der Waals surface area (Å²) in [6.07, 6.45) is 7.36. The van der Waals surface area contributed by atoms with E-state index in [1.165, 1.54) is 16.2 Å². The van der Waals surface area contributed by atoms with Gasteiger partial charge in [0, 0.05) is 12.2 Å². The first-order valence-corrected chi connectivity index (χ1v) is 11.8. The highest BCUT2D eigenvalue weighted by atomic mass is 32.2. The molecule has 32 heavy (non-hydrogen) atoms. The Hall–Kier alpha value is -2.97. The summed E-state index contributed by atoms with van der Waals surface area (Å²) in [5.74, 6) is 0.626. The second-order valence-electron chi connectivity index (χ2n) is 7.92. The van der Waals surface area contributed by atoms with Gasteiger partial charge in [-0.3, -0.25) is 18.9 Å². The summed E-state index contributed by atoms with van der Waals surface area (Å²) in [6, 6.07) is 13.0. The number of ether oxygens (including phenoxy) is 1. The van der Waals surface area contributed by atoms with Crippen LogP contribution in [0.2, 0.25) is 0 Å². The van der Waals surface area contributed by atoms with Crippen LogP contribution in [0, 0.1) is 6.92 Å². The Bertz CT molecular complexity index is 1330. The standard InChI is InChI=1S/C24H21N3O3S2/c1-15-8-2-5-11-18(15)30-21-17(22(28)26-13-7-6-12-20(26)25-21)14-19-23(29)27(24(31)32-19)16-9-3-4-10-16/h2,5-8,11-14,16H,3-4,9-10H2,1H3/b19-14+. The first-order chi connectivity index (χ1) is 15.5. The number of rotatable bonds is 4. The summed E-state index contributed by atoms with van der Waals surface area (Å²) in [5, 5.41) is 0. The highest BCUT2D eigenvalue weighted by Gasteiger charge is 2.38. The number of aryl methyl sites for hydroxylation is 1. The zero-order chi connectivity index (χ0) is 22.2. The Kier molecular flexibility index (Phi) is 5.57. The Morgan fingerprint density at radius 1 is 1.12 bits per heavy atom. The van der Waals surface area contributed by atoms with E-state index in [1.807, 2.05) is 37.3 Å². The maximum absolute atomic E-state index is 13.4. The molecule has 0 spiro atoms. The number of carbonyl (C=O) groups is 1. The molecule has 162 valence electrons. The Balaban J connectivity index is 1.62. The summed E-state index contributed by atoms with van der Waals surface area (Å²) in [6.45, 7) is 1.93. The summed E-state index contributed by atoms with van der Waals surface area (Å²) in [4.78, 5) is 33.3. The Labute approximate surface area is 194 Å². The lowest BCUT2D eigenvalue weighted by molar-refractivity contribution is -0.123. The van der Waals surface area contributed by atoms with Crippen LogP contribution in [0.1, 0.15) is 36.8 Å². The number of benzene rings is 1. The summed E-state index contributed by atoms with van der Waals surface area (Å²) >= 11 is 6.74. The fourth-order valence-electron chi connectivity index (χ4n) is 4.15. The number of nitrogens with zero attached hydrogens (tertiary/aromatic N) is 3. The molecule has 1 amide bonds. The van der Waals surface area contributed by atoms with Gasteiger partial charge < -0.3 is 4.74 Å². The number of thiocarbonyl (C=S) groups is 1. The number of para-hydroxylation sites is 1. The normalized spacial score (nSPS) is 18.3. The third kappa shape index (κ3) is 3.73. The van der Waals surface area contributed by atoms with Crippen LogP contribution in [0.5, 0.6) is 11.6 Å². The molecule has 3 heterocycles. The van der Waals surface area contributed by atoms with Gasteiger partial charge in [-0.15, -0.1) is 0 Å². The van der Waals surface area contributed by atoms with Gasteiger partial charge in [0.1, 0.15) is 21.3 Å². The van der Waals surface area contributed by atoms with Gasteiger partial charge in [-0.25, -0.2) is 0 Å². The SMILES string of the molecule is Cc1ccccc1Oc1nc2ccccn2c(=O)c1/C=C1/SC(=S)N(C2CCCC2)C1=O. The molecule has 0 atom stereocenters. The van der Waals surface area contributed by atoms with Crippen LogP contribution in [0.25, 0.3) is 11.7 Å². The van der Waals surface area contributed by atoms with Crippen LogP contribution in [-0.2, 0) is 4.79 Å². The smallest absolute Gasteiger partial charge is 0.269 e. The van der Waals surface area contributed by atoms with Gasteiger partial charge in [-0.1, -0.05) is 61.1 Å². The number of aromatic nitrogens is 2. The van der Waals surface area contributed by atoms with Gasteiger partial charge in [0.2, 0.25) is 5.88 Å². The van der Waals surface area contributed by atoms with E-state index in [-0.39, 0.29) is 29.0 Å². The molecule has 1 aliphatic heterocycles. The van der Waals surface area contributed by atoms with E-state index < -0.39 is 0 Å². The molecule has 5 rings (SSSR count). The second-order valence-corrected chi connectivity index (χ2v) is 9.60. The van der Waals surface area contributed by atoms with E-state index in [0.29, 0.717) is 20.6 Å². The molecule has 1 saturated carbocycles. The predicted octanol–water partition coefficient (Wildman–Crippen LogP) is 4.94. The highest BCUT2D eigenvalue weighted by Crippen LogP contribution is 2.38.